The summed E-state index contributed by atoms with van der Waals surface area (Å²) in [4.78, 5) is 40.9. The molecule has 0 radical (unpaired) electrons. The lowest BCUT2D eigenvalue weighted by Crippen LogP contribution is -2.70. The van der Waals surface area contributed by atoms with Crippen LogP contribution in [0.4, 0.5) is 0 Å². The van der Waals surface area contributed by atoms with E-state index in [2.05, 4.69) is 15.6 Å². The van der Waals surface area contributed by atoms with Gasteiger partial charge >= 0.3 is 11.9 Å². The molecule has 6 rings (SSSR count). The van der Waals surface area contributed by atoms with Gasteiger partial charge < -0.3 is 163 Å². The zero-order valence-electron chi connectivity index (χ0n) is 59.3. The van der Waals surface area contributed by atoms with Crippen LogP contribution in [0.1, 0.15) is 86.0 Å². The number of guanidine groups is 2. The first-order chi connectivity index (χ1) is 49.3. The minimum Gasteiger partial charge on any atom is -0.481 e. The van der Waals surface area contributed by atoms with Crippen molar-refractivity contribution in [3.63, 3.8) is 0 Å². The Morgan fingerprint density at radius 2 is 1.24 bits per heavy atom. The number of cyclic esters (lactones) is 1. The van der Waals surface area contributed by atoms with Gasteiger partial charge in [-0.1, -0.05) is 98.9 Å². The molecule has 1 aliphatic carbocycles. The number of nitrogens with zero attached hydrogens (tertiary/aromatic N) is 1. The predicted molar refractivity (Wildman–Crippen MR) is 369 cm³/mol. The van der Waals surface area contributed by atoms with Crippen LogP contribution in [0.15, 0.2) is 90.1 Å². The first kappa shape index (κ1) is 89.9. The average Bonchev–Trinajstić information content (AvgIpc) is 1.66. The second-order valence-corrected chi connectivity index (χ2v) is 27.5. The number of hydrogen-bond acceptors (Lipinski definition) is 32. The summed E-state index contributed by atoms with van der Waals surface area (Å²) in [7, 11) is 1.42. The van der Waals surface area contributed by atoms with Crippen molar-refractivity contribution in [2.24, 2.45) is 45.7 Å². The zero-order valence-corrected chi connectivity index (χ0v) is 59.3. The summed E-state index contributed by atoms with van der Waals surface area (Å²) in [5.41, 5.74) is 19.8. The third-order valence-electron chi connectivity index (χ3n) is 19.4. The first-order valence-corrected chi connectivity index (χ1v) is 34.7. The molecule has 29 N–H and O–H groups in total. The number of aliphatic hydroxyl groups excluding tert-OH is 15. The molecule has 0 aromatic carbocycles. The molecular weight excluding hydrogens is 1390 g/mol. The zero-order chi connectivity index (χ0) is 78.5. The third kappa shape index (κ3) is 25.2. The molecule has 5 aliphatic heterocycles. The number of aliphatic imine (C=N–C) groups is 1. The lowest BCUT2D eigenvalue weighted by molar-refractivity contribution is -0.314. The quantitative estimate of drug-likeness (QED) is 0.0374. The van der Waals surface area contributed by atoms with Crippen LogP contribution in [-0.2, 0) is 52.3 Å². The minimum absolute atomic E-state index is 0.107. The van der Waals surface area contributed by atoms with Crippen LogP contribution >= 0.6 is 0 Å². The van der Waals surface area contributed by atoms with E-state index in [0.29, 0.717) is 0 Å². The fraction of sp³-hybridized carbons (Fsp3) is 0.721. The number of hydrogen-bond donors (Lipinski definition) is 25. The highest BCUT2D eigenvalue weighted by Gasteiger charge is 2.61. The Balaban J connectivity index is 0.000000422. The molecule has 2 bridgehead atoms. The molecule has 0 aromatic heterocycles. The Bertz CT molecular complexity index is 2970. The summed E-state index contributed by atoms with van der Waals surface area (Å²) < 4.78 is 46.1. The number of rotatable bonds is 12. The molecule has 0 unspecified atom stereocenters. The Morgan fingerprint density at radius 3 is 1.80 bits per heavy atom. The average molecular weight is 1510 g/mol. The lowest BCUT2D eigenvalue weighted by Gasteiger charge is -2.46. The van der Waals surface area contributed by atoms with Crippen molar-refractivity contribution in [1.29, 1.82) is 5.41 Å². The normalized spacial score (nSPS) is 46.2. The third-order valence-corrected chi connectivity index (χ3v) is 19.4. The summed E-state index contributed by atoms with van der Waals surface area (Å²) >= 11 is 0. The maximum absolute atomic E-state index is 12.6. The number of allylic oxidation sites excluding steroid dienone is 12. The summed E-state index contributed by atoms with van der Waals surface area (Å²) in [6.45, 7) is 7.36. The standard InChI is InChI=1S/C47H73NO17.C21H39N7O12/c1-27-17-15-13-11-9-7-5-6-8-10-12-14-16-18-34(64-46-44(58)41(48)43(57)30(4)63-46)24-38-40(45(59)60)37(54)26-47(61,65-38)25-33(51)22-36(53)35(52)20-19-31(49)21-32(50)23-39(55)62-29(3)28(2)42(27)56;1-5-21(36,4-30)16(40-17-9(26-2)13(34)10(31)6(3-29)38-17)18(37-5)39-15-8(28-20(24)25)11(32)7(27-19(22)23)12(33)14(15)35/h5-18,27-38,40-44,46,49-54,56-58,61H,19-26,48H2,1-4H3,(H,59,60);4-18,26,29,31-36H,3H2,1-2H3,(H4,22,23,27)(H4,24,25,28)/b6-5+,9-7+,10-8+,13-11+,14-12+,17-15+,18-16+;/t27-,28-,29-,30+,31+,32+,33-,34-,35+,36+,37-,38-,40+,41-,42+,43+,44-,46-,47+;5-,6-,7+,8-,9-,10-,11+,12-,13-,14+,15+,16-,17-,18-,21+/m00/s1. The van der Waals surface area contributed by atoms with Crippen molar-refractivity contribution < 1.29 is 144 Å². The van der Waals surface area contributed by atoms with Crippen LogP contribution in [0, 0.1) is 23.2 Å². The van der Waals surface area contributed by atoms with Gasteiger partial charge in [0.2, 0.25) is 0 Å². The van der Waals surface area contributed by atoms with Gasteiger partial charge in [-0.15, -0.1) is 0 Å². The number of esters is 1. The number of carbonyl (C=O) groups is 3. The molecule has 34 atom stereocenters. The highest BCUT2D eigenvalue weighted by atomic mass is 16.8. The SMILES string of the molecule is CN[C@@H]1[C@H](O[C@H]2[C@H](O[C@H]3[C@H](O)[C@@H](O)[C@H](N=C(N)N)[C@@H](O)[C@@H]3NC(=N)N)O[C@@H](C)[C@]2(O)C=O)O[C@@H](CO)[C@H](O)[C@H]1O.C[C@@H]1[C@H](O)[C@@H](C)/C=C/C=C/C=C/C=C/C=C/C=C/C=C/[C@H](O[C@@H]2O[C@H](C)[C@@H](O)[C@H](N)[C@@H]2O)C[C@@H]2O[C@](O)(C[C@@H](O)C[C@@H](O)[C@H](O)CC[C@@H](O)C[C@@H](O)CC(=O)O[C@H]1C)C[C@H](O)[C@H]2C(=O)O. The van der Waals surface area contributed by atoms with Gasteiger partial charge in [0, 0.05) is 37.5 Å². The summed E-state index contributed by atoms with van der Waals surface area (Å²) in [5.74, 6) is -7.99. The van der Waals surface area contributed by atoms with Gasteiger partial charge in [0.25, 0.3) is 0 Å². The van der Waals surface area contributed by atoms with Crippen LogP contribution in [0.3, 0.4) is 0 Å². The fourth-order valence-electron chi connectivity index (χ4n) is 13.1. The van der Waals surface area contributed by atoms with Crippen molar-refractivity contribution >= 4 is 30.1 Å². The predicted octanol–water partition coefficient (Wildman–Crippen LogP) is -7.24. The molecule has 5 heterocycles. The molecule has 4 saturated heterocycles. The topological polar surface area (TPSA) is 654 Å². The second kappa shape index (κ2) is 41.7. The number of nitrogens with one attached hydrogen (secondary N) is 3. The number of likely N-dealkylation sites (N-methyl/N-ethyl adjacent to an activating group) is 1. The molecule has 37 nitrogen and oxygen atoms in total. The number of aliphatic carboxylic acids is 1. The fourth-order valence-corrected chi connectivity index (χ4v) is 13.1. The van der Waals surface area contributed by atoms with Crippen LogP contribution in [-0.4, -0.2) is 324 Å². The maximum atomic E-state index is 12.6. The van der Waals surface area contributed by atoms with Crippen LogP contribution in [0.2, 0.25) is 0 Å². The molecule has 1 saturated carbocycles. The van der Waals surface area contributed by atoms with Gasteiger partial charge in [0.05, 0.1) is 104 Å². The second-order valence-electron chi connectivity index (χ2n) is 27.5. The molecule has 105 heavy (non-hydrogen) atoms. The van der Waals surface area contributed by atoms with Crippen LogP contribution in [0.25, 0.3) is 0 Å². The molecule has 0 aromatic rings. The number of carboxylic acid groups (broad SMARTS) is 1. The van der Waals surface area contributed by atoms with Crippen LogP contribution in [0.5, 0.6) is 0 Å². The molecular formula is C68H112N8O29. The van der Waals surface area contributed by atoms with Crippen molar-refractivity contribution in [3.8, 4) is 0 Å². The van der Waals surface area contributed by atoms with E-state index in [-0.39, 0.29) is 37.9 Å². The van der Waals surface area contributed by atoms with Gasteiger partial charge in [0.1, 0.15) is 73.0 Å². The molecule has 37 heteroatoms. The van der Waals surface area contributed by atoms with E-state index < -0.39 is 257 Å². The number of carboxylic acids is 1. The largest absolute Gasteiger partial charge is 0.481 e. The highest BCUT2D eigenvalue weighted by Crippen LogP contribution is 2.41. The number of aliphatic hydroxyl groups is 17. The van der Waals surface area contributed by atoms with Gasteiger partial charge in [-0.3, -0.25) is 19.8 Å². The van der Waals surface area contributed by atoms with Crippen molar-refractivity contribution in [1.82, 2.24) is 10.6 Å². The van der Waals surface area contributed by atoms with E-state index in [4.69, 9.17) is 66.2 Å². The number of nitrogens with two attached hydrogens (primary N) is 4. The summed E-state index contributed by atoms with van der Waals surface area (Å²) in [5, 5.41) is 205. The van der Waals surface area contributed by atoms with Gasteiger partial charge in [-0.25, -0.2) is 4.99 Å². The number of aldehydes is 1. The van der Waals surface area contributed by atoms with Crippen LogP contribution < -0.4 is 33.6 Å². The number of fused-ring (bicyclic) bond motifs is 2. The number of carbonyl (C=O) groups excluding carboxylic acids is 2. The van der Waals surface area contributed by atoms with Crippen molar-refractivity contribution in [2.75, 3.05) is 13.7 Å². The smallest absolute Gasteiger partial charge is 0.311 e. The van der Waals surface area contributed by atoms with E-state index in [1.165, 1.54) is 27.0 Å². The monoisotopic (exact) mass is 1500 g/mol. The lowest BCUT2D eigenvalue weighted by atomic mass is 9.81. The van der Waals surface area contributed by atoms with Crippen molar-refractivity contribution in [3.05, 3.63) is 85.1 Å². The van der Waals surface area contributed by atoms with Gasteiger partial charge in [-0.05, 0) is 47.1 Å². The Kier molecular flexibility index (Phi) is 35.7. The molecule has 598 valence electrons. The molecule has 5 fully saturated rings. The Hall–Kier alpha value is -5.71. The van der Waals surface area contributed by atoms with Gasteiger partial charge in [0.15, 0.2) is 48.5 Å². The maximum Gasteiger partial charge on any atom is 0.311 e. The molecule has 0 spiro atoms. The van der Waals surface area contributed by atoms with Gasteiger partial charge in [-0.2, -0.15) is 0 Å². The van der Waals surface area contributed by atoms with E-state index in [1.807, 2.05) is 19.1 Å². The minimum atomic E-state index is -2.39. The Morgan fingerprint density at radius 1 is 0.638 bits per heavy atom. The Labute approximate surface area is 607 Å². The first-order valence-electron chi connectivity index (χ1n) is 34.7. The summed E-state index contributed by atoms with van der Waals surface area (Å²) in [6, 6.07) is -5.17. The summed E-state index contributed by atoms with van der Waals surface area (Å²) in [6.07, 6.45) is -13.8. The molecule has 6 aliphatic rings. The number of ether oxygens (including phenoxy) is 8. The molecule has 0 amide bonds. The highest BCUT2D eigenvalue weighted by molar-refractivity contribution is 5.76. The van der Waals surface area contributed by atoms with E-state index >= 15 is 0 Å². The van der Waals surface area contributed by atoms with E-state index in [0.717, 1.165) is 0 Å². The van der Waals surface area contributed by atoms with Crippen molar-refractivity contribution in [2.45, 2.75) is 275 Å². The van der Waals surface area contributed by atoms with E-state index in [1.54, 1.807) is 80.7 Å². The van der Waals surface area contributed by atoms with E-state index in [9.17, 15) is 106 Å².